The molecule has 0 aliphatic heterocycles. The van der Waals surface area contributed by atoms with Gasteiger partial charge in [0.1, 0.15) is 4.83 Å². The maximum atomic E-state index is 12.5. The molecule has 0 saturated carbocycles. The first-order valence-corrected chi connectivity index (χ1v) is 7.08. The topological polar surface area (TPSA) is 30.0 Å². The second-order valence-electron chi connectivity index (χ2n) is 4.83. The number of Topliss-reactive ketones (excluding diaryl/α,β-unsaturated/α-hetero) is 1. The van der Waals surface area contributed by atoms with E-state index in [2.05, 4.69) is 27.0 Å². The van der Waals surface area contributed by atoms with E-state index in [4.69, 9.17) is 0 Å². The van der Waals surface area contributed by atoms with Crippen LogP contribution >= 0.6 is 15.9 Å². The number of halogens is 1. The standard InChI is InChI=1S/C16H16BrNO/c1-10-6-11(2)8-14(7-10)16(19)15(17)13-4-5-18-12(3)9-13/h4-9,15H,1-3H3/t15-/m0/s1. The maximum Gasteiger partial charge on any atom is 0.180 e. The minimum Gasteiger partial charge on any atom is -0.293 e. The quantitative estimate of drug-likeness (QED) is 0.623. The maximum absolute atomic E-state index is 12.5. The van der Waals surface area contributed by atoms with E-state index in [1.807, 2.05) is 45.0 Å². The molecule has 2 rings (SSSR count). The van der Waals surface area contributed by atoms with Gasteiger partial charge in [-0.25, -0.2) is 0 Å². The Hall–Kier alpha value is -1.48. The van der Waals surface area contributed by atoms with Gasteiger partial charge in [-0.2, -0.15) is 0 Å². The predicted octanol–water partition coefficient (Wildman–Crippen LogP) is 4.33. The lowest BCUT2D eigenvalue weighted by Crippen LogP contribution is -2.08. The van der Waals surface area contributed by atoms with Crippen molar-refractivity contribution < 1.29 is 4.79 Å². The molecule has 0 radical (unpaired) electrons. The van der Waals surface area contributed by atoms with Crippen LogP contribution in [0.3, 0.4) is 0 Å². The molecular weight excluding hydrogens is 302 g/mol. The summed E-state index contributed by atoms with van der Waals surface area (Å²) < 4.78 is 0. The molecule has 2 aromatic rings. The molecule has 1 heterocycles. The number of hydrogen-bond acceptors (Lipinski definition) is 2. The lowest BCUT2D eigenvalue weighted by Gasteiger charge is -2.11. The molecule has 0 aliphatic rings. The summed E-state index contributed by atoms with van der Waals surface area (Å²) in [5.74, 6) is 0.0809. The molecule has 3 heteroatoms. The van der Waals surface area contributed by atoms with Crippen LogP contribution in [0.15, 0.2) is 36.5 Å². The van der Waals surface area contributed by atoms with E-state index in [9.17, 15) is 4.79 Å². The molecule has 0 amide bonds. The Morgan fingerprint density at radius 1 is 1.11 bits per heavy atom. The molecule has 1 aromatic carbocycles. The largest absolute Gasteiger partial charge is 0.293 e. The van der Waals surface area contributed by atoms with Gasteiger partial charge in [-0.05, 0) is 50.6 Å². The van der Waals surface area contributed by atoms with Crippen molar-refractivity contribution in [2.45, 2.75) is 25.6 Å². The number of pyridine rings is 1. The smallest absolute Gasteiger partial charge is 0.180 e. The van der Waals surface area contributed by atoms with E-state index >= 15 is 0 Å². The van der Waals surface area contributed by atoms with Crippen LogP contribution in [0.5, 0.6) is 0 Å². The van der Waals surface area contributed by atoms with E-state index in [1.165, 1.54) is 0 Å². The number of alkyl halides is 1. The average molecular weight is 318 g/mol. The second kappa shape index (κ2) is 5.66. The first-order chi connectivity index (χ1) is 8.97. The van der Waals surface area contributed by atoms with Gasteiger partial charge in [-0.1, -0.05) is 33.1 Å². The average Bonchev–Trinajstić information content (AvgIpc) is 2.36. The van der Waals surface area contributed by atoms with E-state index < -0.39 is 0 Å². The van der Waals surface area contributed by atoms with Crippen LogP contribution in [0.1, 0.15) is 37.6 Å². The van der Waals surface area contributed by atoms with Crippen LogP contribution in [-0.4, -0.2) is 10.8 Å². The minimum atomic E-state index is -0.324. The van der Waals surface area contributed by atoms with Gasteiger partial charge >= 0.3 is 0 Å². The summed E-state index contributed by atoms with van der Waals surface area (Å²) in [6, 6.07) is 9.72. The van der Waals surface area contributed by atoms with Gasteiger partial charge in [-0.3, -0.25) is 9.78 Å². The van der Waals surface area contributed by atoms with Gasteiger partial charge in [0.05, 0.1) is 0 Å². The van der Waals surface area contributed by atoms with Crippen LogP contribution in [0.4, 0.5) is 0 Å². The van der Waals surface area contributed by atoms with Crippen molar-refractivity contribution in [1.29, 1.82) is 0 Å². The predicted molar refractivity (Wildman–Crippen MR) is 80.9 cm³/mol. The molecule has 1 aromatic heterocycles. The number of aryl methyl sites for hydroxylation is 3. The molecule has 0 bridgehead atoms. The summed E-state index contributed by atoms with van der Waals surface area (Å²) in [5, 5.41) is 0. The third-order valence-corrected chi connectivity index (χ3v) is 3.89. The van der Waals surface area contributed by atoms with E-state index in [0.29, 0.717) is 0 Å². The zero-order valence-electron chi connectivity index (χ0n) is 11.3. The second-order valence-corrected chi connectivity index (χ2v) is 5.75. The molecule has 98 valence electrons. The highest BCUT2D eigenvalue weighted by Gasteiger charge is 2.19. The highest BCUT2D eigenvalue weighted by atomic mass is 79.9. The lowest BCUT2D eigenvalue weighted by molar-refractivity contribution is 0.0991. The van der Waals surface area contributed by atoms with Crippen molar-refractivity contribution in [3.05, 3.63) is 64.5 Å². The minimum absolute atomic E-state index is 0.0809. The van der Waals surface area contributed by atoms with Gasteiger partial charge in [0.2, 0.25) is 0 Å². The van der Waals surface area contributed by atoms with Gasteiger partial charge < -0.3 is 0 Å². The number of hydrogen-bond donors (Lipinski definition) is 0. The van der Waals surface area contributed by atoms with Crippen molar-refractivity contribution in [3.8, 4) is 0 Å². The highest BCUT2D eigenvalue weighted by Crippen LogP contribution is 2.27. The normalized spacial score (nSPS) is 12.2. The third kappa shape index (κ3) is 3.29. The highest BCUT2D eigenvalue weighted by molar-refractivity contribution is 9.09. The first kappa shape index (κ1) is 13.9. The van der Waals surface area contributed by atoms with Crippen LogP contribution in [-0.2, 0) is 0 Å². The summed E-state index contributed by atoms with van der Waals surface area (Å²) in [6.07, 6.45) is 1.73. The molecular formula is C16H16BrNO. The molecule has 1 atom stereocenters. The molecule has 0 spiro atoms. The molecule has 0 unspecified atom stereocenters. The van der Waals surface area contributed by atoms with Crippen LogP contribution in [0.2, 0.25) is 0 Å². The van der Waals surface area contributed by atoms with Crippen molar-refractivity contribution in [1.82, 2.24) is 4.98 Å². The fourth-order valence-electron chi connectivity index (χ4n) is 2.14. The van der Waals surface area contributed by atoms with E-state index in [0.717, 1.165) is 27.9 Å². The van der Waals surface area contributed by atoms with Crippen LogP contribution in [0.25, 0.3) is 0 Å². The Kier molecular flexibility index (Phi) is 4.15. The summed E-state index contributed by atoms with van der Waals surface area (Å²) in [7, 11) is 0. The summed E-state index contributed by atoms with van der Waals surface area (Å²) in [6.45, 7) is 5.93. The van der Waals surface area contributed by atoms with Crippen molar-refractivity contribution in [3.63, 3.8) is 0 Å². The monoisotopic (exact) mass is 317 g/mol. The van der Waals surface area contributed by atoms with E-state index in [-0.39, 0.29) is 10.6 Å². The number of carbonyl (C=O) groups is 1. The van der Waals surface area contributed by atoms with Gasteiger partial charge in [-0.15, -0.1) is 0 Å². The summed E-state index contributed by atoms with van der Waals surface area (Å²) in [5.41, 5.74) is 4.81. The van der Waals surface area contributed by atoms with Gasteiger partial charge in [0.15, 0.2) is 5.78 Å². The van der Waals surface area contributed by atoms with Gasteiger partial charge in [0, 0.05) is 17.5 Å². The molecule has 19 heavy (non-hydrogen) atoms. The van der Waals surface area contributed by atoms with E-state index in [1.54, 1.807) is 6.20 Å². The van der Waals surface area contributed by atoms with Gasteiger partial charge in [0.25, 0.3) is 0 Å². The Balaban J connectivity index is 2.33. The summed E-state index contributed by atoms with van der Waals surface area (Å²) >= 11 is 3.49. The summed E-state index contributed by atoms with van der Waals surface area (Å²) in [4.78, 5) is 16.3. The number of rotatable bonds is 3. The van der Waals surface area contributed by atoms with Crippen LogP contribution < -0.4 is 0 Å². The Morgan fingerprint density at radius 2 is 1.74 bits per heavy atom. The first-order valence-electron chi connectivity index (χ1n) is 6.16. The SMILES string of the molecule is Cc1cc(C)cc(C(=O)[C@@H](Br)c2ccnc(C)c2)c1. The Labute approximate surface area is 122 Å². The van der Waals surface area contributed by atoms with Crippen LogP contribution in [0, 0.1) is 20.8 Å². The lowest BCUT2D eigenvalue weighted by atomic mass is 9.99. The van der Waals surface area contributed by atoms with Crippen molar-refractivity contribution in [2.75, 3.05) is 0 Å². The Bertz CT molecular complexity index is 602. The molecule has 2 nitrogen and oxygen atoms in total. The fraction of sp³-hybridized carbons (Fsp3) is 0.250. The zero-order chi connectivity index (χ0) is 14.0. The number of ketones is 1. The fourth-order valence-corrected chi connectivity index (χ4v) is 2.69. The molecule has 0 aliphatic carbocycles. The molecule has 0 fully saturated rings. The molecule has 0 N–H and O–H groups in total. The number of carbonyl (C=O) groups excluding carboxylic acids is 1. The number of benzene rings is 1. The number of nitrogens with zero attached hydrogens (tertiary/aromatic N) is 1. The third-order valence-electron chi connectivity index (χ3n) is 2.95. The Morgan fingerprint density at radius 3 is 2.32 bits per heavy atom. The van der Waals surface area contributed by atoms with Crippen molar-refractivity contribution in [2.24, 2.45) is 0 Å². The number of aromatic nitrogens is 1. The van der Waals surface area contributed by atoms with Crippen molar-refractivity contribution >= 4 is 21.7 Å². The zero-order valence-corrected chi connectivity index (χ0v) is 12.9. The molecule has 0 saturated heterocycles.